The van der Waals surface area contributed by atoms with Crippen molar-refractivity contribution >= 4 is 67.9 Å². The van der Waals surface area contributed by atoms with Crippen molar-refractivity contribution in [3.8, 4) is 17.2 Å². The summed E-state index contributed by atoms with van der Waals surface area (Å²) in [7, 11) is 1.27. The largest absolute Gasteiger partial charge is 0.490 e. The Morgan fingerprint density at radius 3 is 2.43 bits per heavy atom. The molecule has 0 bridgehead atoms. The van der Waals surface area contributed by atoms with Gasteiger partial charge in [0.05, 0.1) is 50.2 Å². The van der Waals surface area contributed by atoms with E-state index in [1.165, 1.54) is 28.6 Å². The zero-order chi connectivity index (χ0) is 35.2. The van der Waals surface area contributed by atoms with E-state index in [1.807, 2.05) is 38.1 Å². The second-order valence-corrected chi connectivity index (χ2v) is 13.9. The maximum absolute atomic E-state index is 14.2. The average Bonchev–Trinajstić information content (AvgIpc) is 3.37. The zero-order valence-electron chi connectivity index (χ0n) is 27.5. The van der Waals surface area contributed by atoms with E-state index in [0.717, 1.165) is 19.2 Å². The molecule has 5 rings (SSSR count). The molecule has 0 aliphatic carbocycles. The van der Waals surface area contributed by atoms with Gasteiger partial charge in [0.2, 0.25) is 0 Å². The van der Waals surface area contributed by atoms with Crippen LogP contribution in [-0.4, -0.2) is 43.4 Å². The number of halogens is 2. The van der Waals surface area contributed by atoms with Crippen molar-refractivity contribution in [2.45, 2.75) is 40.3 Å². The molecule has 13 heteroatoms. The first kappa shape index (κ1) is 36.3. The SMILES string of the molecule is CCOC(=O)C1=C(C)N=c2s/c(=C\c3cc(Br)c(OCc4ccc(C)cc4)c(I)c3)c(=O)n2[C@@H]1c1ccc(OCC(=O)OC)c(OCC)c1. The molecule has 0 saturated carbocycles. The molecule has 0 unspecified atom stereocenters. The Hall–Kier alpha value is -3.95. The number of thiazole rings is 1. The van der Waals surface area contributed by atoms with Crippen LogP contribution in [0.4, 0.5) is 0 Å². The Bertz CT molecular complexity index is 2080. The highest BCUT2D eigenvalue weighted by molar-refractivity contribution is 14.1. The van der Waals surface area contributed by atoms with Gasteiger partial charge in [0, 0.05) is 0 Å². The van der Waals surface area contributed by atoms with Crippen molar-refractivity contribution in [2.75, 3.05) is 26.9 Å². The summed E-state index contributed by atoms with van der Waals surface area (Å²) in [6, 6.07) is 16.2. The third-order valence-electron chi connectivity index (χ3n) is 7.50. The van der Waals surface area contributed by atoms with Gasteiger partial charge in [-0.05, 0) is 113 Å². The predicted molar refractivity (Wildman–Crippen MR) is 198 cm³/mol. The summed E-state index contributed by atoms with van der Waals surface area (Å²) in [5.74, 6) is 0.236. The number of methoxy groups -OCH3 is 1. The molecule has 256 valence electrons. The fourth-order valence-corrected chi connectivity index (χ4v) is 7.99. The van der Waals surface area contributed by atoms with Crippen LogP contribution in [0.5, 0.6) is 17.2 Å². The van der Waals surface area contributed by atoms with Gasteiger partial charge < -0.3 is 23.7 Å². The number of rotatable bonds is 12. The molecule has 10 nitrogen and oxygen atoms in total. The van der Waals surface area contributed by atoms with Gasteiger partial charge in [-0.2, -0.15) is 0 Å². The maximum atomic E-state index is 14.2. The number of carbonyl (C=O) groups excluding carboxylic acids is 2. The second kappa shape index (κ2) is 16.2. The summed E-state index contributed by atoms with van der Waals surface area (Å²) in [5.41, 5.74) is 3.95. The van der Waals surface area contributed by atoms with Crippen LogP contribution in [0.15, 0.2) is 80.1 Å². The summed E-state index contributed by atoms with van der Waals surface area (Å²) in [4.78, 5) is 44.4. The molecular formula is C36H34BrIN2O8S. The number of hydrogen-bond donors (Lipinski definition) is 0. The van der Waals surface area contributed by atoms with Crippen LogP contribution in [0.2, 0.25) is 0 Å². The number of aromatic nitrogens is 1. The van der Waals surface area contributed by atoms with Crippen molar-refractivity contribution in [1.82, 2.24) is 4.57 Å². The van der Waals surface area contributed by atoms with E-state index in [0.29, 0.717) is 51.1 Å². The van der Waals surface area contributed by atoms with E-state index in [4.69, 9.17) is 23.7 Å². The van der Waals surface area contributed by atoms with Crippen molar-refractivity contribution < 1.29 is 33.3 Å². The lowest BCUT2D eigenvalue weighted by atomic mass is 9.95. The van der Waals surface area contributed by atoms with Crippen LogP contribution < -0.4 is 29.1 Å². The molecule has 1 atom stereocenters. The number of carbonyl (C=O) groups is 2. The Balaban J connectivity index is 1.56. The molecule has 2 heterocycles. The normalized spacial score (nSPS) is 14.2. The molecule has 0 spiro atoms. The van der Waals surface area contributed by atoms with Crippen molar-refractivity contribution in [3.05, 3.63) is 116 Å². The van der Waals surface area contributed by atoms with Gasteiger partial charge >= 0.3 is 11.9 Å². The molecule has 0 fully saturated rings. The Labute approximate surface area is 309 Å². The van der Waals surface area contributed by atoms with Gasteiger partial charge in [-0.25, -0.2) is 14.6 Å². The van der Waals surface area contributed by atoms with Gasteiger partial charge in [-0.15, -0.1) is 0 Å². The molecular weight excluding hydrogens is 827 g/mol. The molecule has 1 aromatic heterocycles. The molecule has 3 aromatic carbocycles. The molecule has 0 amide bonds. The number of allylic oxidation sites excluding steroid dienone is 1. The van der Waals surface area contributed by atoms with E-state index >= 15 is 0 Å². The Morgan fingerprint density at radius 2 is 1.76 bits per heavy atom. The average molecular weight is 862 g/mol. The smallest absolute Gasteiger partial charge is 0.343 e. The fourth-order valence-electron chi connectivity index (χ4n) is 5.18. The quantitative estimate of drug-likeness (QED) is 0.126. The molecule has 0 saturated heterocycles. The molecule has 1 aliphatic heterocycles. The van der Waals surface area contributed by atoms with Crippen LogP contribution in [0.25, 0.3) is 6.08 Å². The highest BCUT2D eigenvalue weighted by Gasteiger charge is 2.34. The molecule has 0 radical (unpaired) electrons. The van der Waals surface area contributed by atoms with Gasteiger partial charge in [0.1, 0.15) is 12.4 Å². The van der Waals surface area contributed by atoms with E-state index in [2.05, 4.69) is 55.6 Å². The molecule has 0 N–H and O–H groups in total. The predicted octanol–water partition coefficient (Wildman–Crippen LogP) is 6.00. The van der Waals surface area contributed by atoms with Crippen LogP contribution in [-0.2, 0) is 25.7 Å². The topological polar surface area (TPSA) is 115 Å². The van der Waals surface area contributed by atoms with Crippen molar-refractivity contribution in [1.29, 1.82) is 0 Å². The summed E-state index contributed by atoms with van der Waals surface area (Å²) in [5, 5.41) is 0. The number of benzene rings is 3. The first-order valence-electron chi connectivity index (χ1n) is 15.4. The number of ether oxygens (including phenoxy) is 5. The number of nitrogens with zero attached hydrogens (tertiary/aromatic N) is 2. The number of aryl methyl sites for hydroxylation is 1. The number of fused-ring (bicyclic) bond motifs is 1. The lowest BCUT2D eigenvalue weighted by Gasteiger charge is -2.25. The fraction of sp³-hybridized carbons (Fsp3) is 0.278. The monoisotopic (exact) mass is 860 g/mol. The van der Waals surface area contributed by atoms with E-state index < -0.39 is 18.0 Å². The summed E-state index contributed by atoms with van der Waals surface area (Å²) in [6.45, 7) is 7.86. The zero-order valence-corrected chi connectivity index (χ0v) is 32.1. The number of hydrogen-bond acceptors (Lipinski definition) is 10. The Kier molecular flexibility index (Phi) is 12.0. The van der Waals surface area contributed by atoms with Crippen LogP contribution in [0, 0.1) is 10.5 Å². The number of esters is 2. The third kappa shape index (κ3) is 8.27. The van der Waals surface area contributed by atoms with Gasteiger partial charge in [0.25, 0.3) is 5.56 Å². The molecule has 4 aromatic rings. The van der Waals surface area contributed by atoms with E-state index in [-0.39, 0.29) is 24.3 Å². The first-order chi connectivity index (χ1) is 23.5. The third-order valence-corrected chi connectivity index (χ3v) is 9.87. The van der Waals surface area contributed by atoms with Crippen LogP contribution in [0.1, 0.15) is 49.1 Å². The second-order valence-electron chi connectivity index (χ2n) is 10.9. The summed E-state index contributed by atoms with van der Waals surface area (Å²) < 4.78 is 31.3. The van der Waals surface area contributed by atoms with Crippen LogP contribution >= 0.6 is 49.9 Å². The lowest BCUT2D eigenvalue weighted by molar-refractivity contribution is -0.143. The lowest BCUT2D eigenvalue weighted by Crippen LogP contribution is -2.40. The van der Waals surface area contributed by atoms with Crippen molar-refractivity contribution in [2.24, 2.45) is 4.99 Å². The maximum Gasteiger partial charge on any atom is 0.343 e. The molecule has 49 heavy (non-hydrogen) atoms. The highest BCUT2D eigenvalue weighted by atomic mass is 127. The minimum atomic E-state index is -0.865. The Morgan fingerprint density at radius 1 is 1.00 bits per heavy atom. The summed E-state index contributed by atoms with van der Waals surface area (Å²) >= 11 is 7.10. The highest BCUT2D eigenvalue weighted by Crippen LogP contribution is 2.37. The van der Waals surface area contributed by atoms with Gasteiger partial charge in [0.15, 0.2) is 22.9 Å². The van der Waals surface area contributed by atoms with Crippen molar-refractivity contribution in [3.63, 3.8) is 0 Å². The first-order valence-corrected chi connectivity index (χ1v) is 18.1. The van der Waals surface area contributed by atoms with Crippen LogP contribution in [0.3, 0.4) is 0 Å². The standard InChI is InChI=1S/C36H34BrIN2O8S/c1-6-45-28-17-24(12-13-27(28)47-19-30(41)44-5)32-31(35(43)46-7-2)21(4)39-36-40(32)34(42)29(49-36)16-23-14-25(37)33(26(38)15-23)48-18-22-10-8-20(3)9-11-22/h8-17,32H,6-7,18-19H2,1-5H3/b29-16-/t32-/m1/s1. The minimum absolute atomic E-state index is 0.148. The van der Waals surface area contributed by atoms with E-state index in [9.17, 15) is 14.4 Å². The summed E-state index contributed by atoms with van der Waals surface area (Å²) in [6.07, 6.45) is 1.80. The molecule has 1 aliphatic rings. The van der Waals surface area contributed by atoms with Gasteiger partial charge in [-0.3, -0.25) is 9.36 Å². The minimum Gasteiger partial charge on any atom is -0.490 e. The van der Waals surface area contributed by atoms with E-state index in [1.54, 1.807) is 38.1 Å². The van der Waals surface area contributed by atoms with Gasteiger partial charge in [-0.1, -0.05) is 47.2 Å².